The summed E-state index contributed by atoms with van der Waals surface area (Å²) in [4.78, 5) is 0. The van der Waals surface area contributed by atoms with Crippen molar-refractivity contribution in [3.8, 4) is 0 Å². The van der Waals surface area contributed by atoms with Gasteiger partial charge in [-0.25, -0.2) is 5.43 Å². The molecular formula is C16H19ClN2. The van der Waals surface area contributed by atoms with Gasteiger partial charge in [-0.15, -0.1) is 0 Å². The summed E-state index contributed by atoms with van der Waals surface area (Å²) in [6.07, 6.45) is 0. The smallest absolute Gasteiger partial charge is 0.0710 e. The third kappa shape index (κ3) is 3.16. The molecule has 0 heterocycles. The van der Waals surface area contributed by atoms with Gasteiger partial charge < -0.3 is 0 Å². The van der Waals surface area contributed by atoms with Gasteiger partial charge in [0.25, 0.3) is 0 Å². The van der Waals surface area contributed by atoms with Crippen LogP contribution in [0.25, 0.3) is 0 Å². The molecule has 0 amide bonds. The first-order valence-electron chi connectivity index (χ1n) is 6.31. The second-order valence-electron chi connectivity index (χ2n) is 5.03. The molecule has 0 fully saturated rings. The van der Waals surface area contributed by atoms with Gasteiger partial charge in [0.1, 0.15) is 0 Å². The van der Waals surface area contributed by atoms with E-state index in [9.17, 15) is 0 Å². The lowest BCUT2D eigenvalue weighted by atomic mass is 9.95. The van der Waals surface area contributed by atoms with Gasteiger partial charge in [0.05, 0.1) is 6.04 Å². The van der Waals surface area contributed by atoms with Gasteiger partial charge in [-0.05, 0) is 43.5 Å². The first-order valence-corrected chi connectivity index (χ1v) is 6.69. The summed E-state index contributed by atoms with van der Waals surface area (Å²) >= 11 is 6.20. The van der Waals surface area contributed by atoms with Gasteiger partial charge in [-0.2, -0.15) is 0 Å². The average Bonchev–Trinajstić information content (AvgIpc) is 2.33. The Morgan fingerprint density at radius 2 is 1.58 bits per heavy atom. The fourth-order valence-electron chi connectivity index (χ4n) is 2.35. The van der Waals surface area contributed by atoms with Gasteiger partial charge in [-0.3, -0.25) is 5.84 Å². The molecule has 1 unspecified atom stereocenters. The maximum absolute atomic E-state index is 6.20. The standard InChI is InChI=1S/C16H19ClN2/c1-10-6-11(2)8-14(7-10)16(19-18)13-5-4-12(3)15(17)9-13/h4-9,16,19H,18H2,1-3H3. The maximum atomic E-state index is 6.20. The van der Waals surface area contributed by atoms with Crippen molar-refractivity contribution in [3.05, 3.63) is 69.2 Å². The zero-order valence-electron chi connectivity index (χ0n) is 11.5. The summed E-state index contributed by atoms with van der Waals surface area (Å²) in [5.74, 6) is 5.73. The molecule has 2 aromatic rings. The minimum atomic E-state index is -0.0447. The Morgan fingerprint density at radius 3 is 2.11 bits per heavy atom. The Kier molecular flexibility index (Phi) is 4.25. The molecule has 2 aromatic carbocycles. The molecule has 100 valence electrons. The summed E-state index contributed by atoms with van der Waals surface area (Å²) in [6.45, 7) is 6.17. The highest BCUT2D eigenvalue weighted by Gasteiger charge is 2.14. The highest BCUT2D eigenvalue weighted by Crippen LogP contribution is 2.27. The highest BCUT2D eigenvalue weighted by molar-refractivity contribution is 6.31. The molecule has 0 aromatic heterocycles. The lowest BCUT2D eigenvalue weighted by molar-refractivity contribution is 0.636. The number of benzene rings is 2. The number of aryl methyl sites for hydroxylation is 3. The van der Waals surface area contributed by atoms with Gasteiger partial charge in [0, 0.05) is 5.02 Å². The Bertz CT molecular complexity index is 573. The van der Waals surface area contributed by atoms with E-state index in [0.717, 1.165) is 21.7 Å². The summed E-state index contributed by atoms with van der Waals surface area (Å²) in [5, 5.41) is 0.766. The van der Waals surface area contributed by atoms with Crippen molar-refractivity contribution >= 4 is 11.6 Å². The zero-order chi connectivity index (χ0) is 14.0. The van der Waals surface area contributed by atoms with Crippen LogP contribution in [0.3, 0.4) is 0 Å². The third-order valence-electron chi connectivity index (χ3n) is 3.27. The number of hydrazine groups is 1. The minimum Gasteiger partial charge on any atom is -0.271 e. The highest BCUT2D eigenvalue weighted by atomic mass is 35.5. The molecule has 0 saturated heterocycles. The van der Waals surface area contributed by atoms with Crippen LogP contribution in [-0.2, 0) is 0 Å². The quantitative estimate of drug-likeness (QED) is 0.660. The van der Waals surface area contributed by atoms with Crippen molar-refractivity contribution in [1.82, 2.24) is 5.43 Å². The van der Waals surface area contributed by atoms with Crippen LogP contribution in [0.1, 0.15) is 33.9 Å². The van der Waals surface area contributed by atoms with Crippen molar-refractivity contribution in [2.24, 2.45) is 5.84 Å². The Morgan fingerprint density at radius 1 is 0.947 bits per heavy atom. The van der Waals surface area contributed by atoms with Crippen LogP contribution in [-0.4, -0.2) is 0 Å². The first-order chi connectivity index (χ1) is 9.01. The molecule has 0 radical (unpaired) electrons. The Labute approximate surface area is 119 Å². The second-order valence-corrected chi connectivity index (χ2v) is 5.44. The average molecular weight is 275 g/mol. The van der Waals surface area contributed by atoms with E-state index in [1.54, 1.807) is 0 Å². The molecule has 2 rings (SSSR count). The van der Waals surface area contributed by atoms with Crippen molar-refractivity contribution < 1.29 is 0 Å². The fraction of sp³-hybridized carbons (Fsp3) is 0.250. The molecule has 0 spiro atoms. The predicted molar refractivity (Wildman–Crippen MR) is 81.3 cm³/mol. The normalized spacial score (nSPS) is 12.5. The van der Waals surface area contributed by atoms with Crippen LogP contribution in [0, 0.1) is 20.8 Å². The van der Waals surface area contributed by atoms with E-state index in [1.165, 1.54) is 11.1 Å². The lowest BCUT2D eigenvalue weighted by Gasteiger charge is -2.19. The first kappa shape index (κ1) is 14.1. The number of nitrogens with one attached hydrogen (secondary N) is 1. The van der Waals surface area contributed by atoms with Crippen LogP contribution in [0.4, 0.5) is 0 Å². The molecule has 19 heavy (non-hydrogen) atoms. The number of nitrogens with two attached hydrogens (primary N) is 1. The van der Waals surface area contributed by atoms with Gasteiger partial charge >= 0.3 is 0 Å². The third-order valence-corrected chi connectivity index (χ3v) is 3.68. The largest absolute Gasteiger partial charge is 0.271 e. The van der Waals surface area contributed by atoms with E-state index in [4.69, 9.17) is 17.4 Å². The lowest BCUT2D eigenvalue weighted by Crippen LogP contribution is -2.29. The Hall–Kier alpha value is -1.35. The molecule has 1 atom stereocenters. The number of hydrogen-bond acceptors (Lipinski definition) is 2. The van der Waals surface area contributed by atoms with E-state index in [0.29, 0.717) is 0 Å². The molecule has 3 N–H and O–H groups in total. The van der Waals surface area contributed by atoms with Crippen molar-refractivity contribution in [2.75, 3.05) is 0 Å². The minimum absolute atomic E-state index is 0.0447. The number of hydrogen-bond donors (Lipinski definition) is 2. The van der Waals surface area contributed by atoms with E-state index in [-0.39, 0.29) is 6.04 Å². The molecule has 2 nitrogen and oxygen atoms in total. The topological polar surface area (TPSA) is 38.0 Å². The van der Waals surface area contributed by atoms with Gasteiger partial charge in [0.2, 0.25) is 0 Å². The summed E-state index contributed by atoms with van der Waals surface area (Å²) in [7, 11) is 0. The molecule has 3 heteroatoms. The summed E-state index contributed by atoms with van der Waals surface area (Å²) in [6, 6.07) is 12.4. The van der Waals surface area contributed by atoms with Crippen molar-refractivity contribution in [3.63, 3.8) is 0 Å². The van der Waals surface area contributed by atoms with Crippen LogP contribution in [0.5, 0.6) is 0 Å². The zero-order valence-corrected chi connectivity index (χ0v) is 12.3. The van der Waals surface area contributed by atoms with Crippen LogP contribution in [0.2, 0.25) is 5.02 Å². The van der Waals surface area contributed by atoms with E-state index in [2.05, 4.69) is 43.5 Å². The maximum Gasteiger partial charge on any atom is 0.0710 e. The van der Waals surface area contributed by atoms with Gasteiger partial charge in [0.15, 0.2) is 0 Å². The van der Waals surface area contributed by atoms with Gasteiger partial charge in [-0.1, -0.05) is 53.1 Å². The SMILES string of the molecule is Cc1cc(C)cc(C(NN)c2ccc(C)c(Cl)c2)c1. The Balaban J connectivity index is 2.46. The number of rotatable bonds is 3. The van der Waals surface area contributed by atoms with Crippen molar-refractivity contribution in [2.45, 2.75) is 26.8 Å². The molecule has 0 aliphatic heterocycles. The molecule has 0 saturated carbocycles. The predicted octanol–water partition coefficient (Wildman–Crippen LogP) is 3.82. The van der Waals surface area contributed by atoms with E-state index < -0.39 is 0 Å². The fourth-order valence-corrected chi connectivity index (χ4v) is 2.54. The van der Waals surface area contributed by atoms with Crippen molar-refractivity contribution in [1.29, 1.82) is 0 Å². The second kappa shape index (κ2) is 5.74. The summed E-state index contributed by atoms with van der Waals surface area (Å²) < 4.78 is 0. The van der Waals surface area contributed by atoms with Crippen LogP contribution >= 0.6 is 11.6 Å². The van der Waals surface area contributed by atoms with Crippen LogP contribution in [0.15, 0.2) is 36.4 Å². The van der Waals surface area contributed by atoms with Crippen LogP contribution < -0.4 is 11.3 Å². The number of halogens is 1. The molecule has 0 aliphatic carbocycles. The van der Waals surface area contributed by atoms with E-state index >= 15 is 0 Å². The van der Waals surface area contributed by atoms with E-state index in [1.807, 2.05) is 19.1 Å². The molecule has 0 aliphatic rings. The molecule has 0 bridgehead atoms. The monoisotopic (exact) mass is 274 g/mol. The molecular weight excluding hydrogens is 256 g/mol. The summed E-state index contributed by atoms with van der Waals surface area (Å²) in [5.41, 5.74) is 8.63.